The van der Waals surface area contributed by atoms with Gasteiger partial charge in [0.05, 0.1) is 0 Å². The van der Waals surface area contributed by atoms with Crippen LogP contribution >= 0.6 is 0 Å². The number of allylic oxidation sites excluding steroid dienone is 4. The molecule has 1 saturated carbocycles. The molecule has 2 aliphatic rings. The summed E-state index contributed by atoms with van der Waals surface area (Å²) in [5.41, 5.74) is 2.05. The first-order chi connectivity index (χ1) is 14.9. The molecular formula is C21H27F3N4O3S. The van der Waals surface area contributed by atoms with Crippen molar-refractivity contribution in [2.45, 2.75) is 76.0 Å². The Kier molecular flexibility index (Phi) is 6.87. The molecule has 1 aromatic heterocycles. The van der Waals surface area contributed by atoms with Gasteiger partial charge in [-0.15, -0.1) is 0 Å². The highest BCUT2D eigenvalue weighted by Gasteiger charge is 2.38. The van der Waals surface area contributed by atoms with E-state index >= 15 is 0 Å². The Morgan fingerprint density at radius 2 is 1.91 bits per heavy atom. The number of nitrogens with one attached hydrogen (secondary N) is 2. The molecule has 0 atom stereocenters. The fraction of sp³-hybridized carbons (Fsp3) is 0.524. The van der Waals surface area contributed by atoms with Gasteiger partial charge in [0.2, 0.25) is 0 Å². The van der Waals surface area contributed by atoms with E-state index in [1.807, 2.05) is 0 Å². The van der Waals surface area contributed by atoms with Gasteiger partial charge in [0.25, 0.3) is 10.0 Å². The highest BCUT2D eigenvalue weighted by Crippen LogP contribution is 2.36. The van der Waals surface area contributed by atoms with E-state index in [0.717, 1.165) is 49.7 Å². The lowest BCUT2D eigenvalue weighted by Crippen LogP contribution is -2.39. The molecule has 0 aliphatic heterocycles. The third-order valence-corrected chi connectivity index (χ3v) is 6.68. The quantitative estimate of drug-likeness (QED) is 0.647. The van der Waals surface area contributed by atoms with Crippen LogP contribution in [-0.2, 0) is 16.2 Å². The second-order valence-corrected chi connectivity index (χ2v) is 9.88. The number of amides is 2. The van der Waals surface area contributed by atoms with E-state index in [-0.39, 0.29) is 0 Å². The summed E-state index contributed by atoms with van der Waals surface area (Å²) in [5.74, 6) is 0. The average molecular weight is 473 g/mol. The van der Waals surface area contributed by atoms with E-state index in [1.54, 1.807) is 4.72 Å². The van der Waals surface area contributed by atoms with Crippen molar-refractivity contribution in [2.24, 2.45) is 0 Å². The van der Waals surface area contributed by atoms with Crippen molar-refractivity contribution >= 4 is 16.1 Å². The Bertz CT molecular complexity index is 1080. The summed E-state index contributed by atoms with van der Waals surface area (Å²) < 4.78 is 67.4. The van der Waals surface area contributed by atoms with Gasteiger partial charge < -0.3 is 5.32 Å². The fourth-order valence-electron chi connectivity index (χ4n) is 3.96. The number of urea groups is 1. The monoisotopic (exact) mass is 472 g/mol. The summed E-state index contributed by atoms with van der Waals surface area (Å²) in [6, 6.07) is -1.37. The number of halogens is 3. The first-order valence-corrected chi connectivity index (χ1v) is 12.0. The predicted molar refractivity (Wildman–Crippen MR) is 113 cm³/mol. The van der Waals surface area contributed by atoms with Crippen LogP contribution in [0.5, 0.6) is 0 Å². The fourth-order valence-corrected chi connectivity index (χ4v) is 4.82. The van der Waals surface area contributed by atoms with Crippen LogP contribution in [0.25, 0.3) is 0 Å². The zero-order valence-corrected chi connectivity index (χ0v) is 18.9. The van der Waals surface area contributed by atoms with E-state index in [9.17, 15) is 26.4 Å². The van der Waals surface area contributed by atoms with Crippen LogP contribution in [-0.4, -0.2) is 24.2 Å². The zero-order valence-electron chi connectivity index (χ0n) is 18.1. The van der Waals surface area contributed by atoms with E-state index in [1.165, 1.54) is 13.8 Å². The lowest BCUT2D eigenvalue weighted by Gasteiger charge is -2.16. The number of fused-ring (bicyclic) bond motifs is 1. The van der Waals surface area contributed by atoms with Crippen LogP contribution in [0.15, 0.2) is 46.2 Å². The maximum atomic E-state index is 13.3. The van der Waals surface area contributed by atoms with Gasteiger partial charge in [0.1, 0.15) is 5.69 Å². The number of alkyl halides is 3. The molecule has 2 amide bonds. The number of hydrogen-bond acceptors (Lipinski definition) is 4. The van der Waals surface area contributed by atoms with Gasteiger partial charge in [0.15, 0.2) is 5.03 Å². The smallest absolute Gasteiger partial charge is 0.307 e. The largest absolute Gasteiger partial charge is 0.433 e. The molecule has 0 spiro atoms. The van der Waals surface area contributed by atoms with Crippen molar-refractivity contribution < 1.29 is 26.4 Å². The summed E-state index contributed by atoms with van der Waals surface area (Å²) in [5, 5.41) is 5.30. The van der Waals surface area contributed by atoms with Gasteiger partial charge in [-0.25, -0.2) is 9.52 Å². The molecule has 1 heterocycles. The second-order valence-electron chi connectivity index (χ2n) is 8.25. The van der Waals surface area contributed by atoms with Crippen molar-refractivity contribution in [3.05, 3.63) is 46.8 Å². The van der Waals surface area contributed by atoms with Gasteiger partial charge in [-0.3, -0.25) is 4.68 Å². The lowest BCUT2D eigenvalue weighted by molar-refractivity contribution is -0.144. The number of carbonyl (C=O) groups excluding carboxylic acids is 1. The van der Waals surface area contributed by atoms with Crippen LogP contribution in [0, 0.1) is 0 Å². The number of hydrogen-bond donors (Lipinski definition) is 2. The van der Waals surface area contributed by atoms with Crippen molar-refractivity contribution in [1.29, 1.82) is 0 Å². The molecule has 32 heavy (non-hydrogen) atoms. The molecule has 3 rings (SSSR count). The zero-order chi connectivity index (χ0) is 23.7. The molecule has 176 valence electrons. The standard InChI is InChI=1S/C21H27F3N4O3S/c1-13(2)28-17(21(22,23)24)12-18(26-28)32(30,31)27-20(29)25-19-14(3)8-5-4-6-9-15-10-7-11-16(15)19/h9,12-13H,3-8,10-11H2,1-2H3,(H2,25,27,29)/b15-9-,19-16+. The predicted octanol–water partition coefficient (Wildman–Crippen LogP) is 4.97. The number of aromatic nitrogens is 2. The molecule has 0 aromatic carbocycles. The minimum atomic E-state index is -4.79. The Hall–Kier alpha value is -2.56. The molecule has 0 saturated heterocycles. The van der Waals surface area contributed by atoms with E-state index in [4.69, 9.17) is 0 Å². The first-order valence-electron chi connectivity index (χ1n) is 10.5. The molecular weight excluding hydrogens is 445 g/mol. The van der Waals surface area contributed by atoms with Crippen LogP contribution < -0.4 is 10.0 Å². The van der Waals surface area contributed by atoms with Crippen molar-refractivity contribution in [2.75, 3.05) is 0 Å². The first kappa shape index (κ1) is 24.1. The summed E-state index contributed by atoms with van der Waals surface area (Å²) in [7, 11) is -4.63. The van der Waals surface area contributed by atoms with Gasteiger partial charge >= 0.3 is 12.2 Å². The topological polar surface area (TPSA) is 93.1 Å². The molecule has 2 N–H and O–H groups in total. The minimum Gasteiger partial charge on any atom is -0.307 e. The summed E-state index contributed by atoms with van der Waals surface area (Å²) in [6.07, 6.45) is 3.35. The maximum Gasteiger partial charge on any atom is 0.433 e. The molecule has 1 aromatic rings. The van der Waals surface area contributed by atoms with E-state index in [2.05, 4.69) is 23.1 Å². The van der Waals surface area contributed by atoms with E-state index < -0.39 is 39.0 Å². The second kappa shape index (κ2) is 9.13. The van der Waals surface area contributed by atoms with E-state index in [0.29, 0.717) is 28.4 Å². The number of nitrogens with zero attached hydrogens (tertiary/aromatic N) is 2. The number of sulfonamides is 1. The third kappa shape index (κ3) is 5.25. The molecule has 0 bridgehead atoms. The highest BCUT2D eigenvalue weighted by atomic mass is 32.2. The van der Waals surface area contributed by atoms with Crippen LogP contribution in [0.2, 0.25) is 0 Å². The van der Waals surface area contributed by atoms with Crippen LogP contribution in [0.1, 0.15) is 70.5 Å². The van der Waals surface area contributed by atoms with Gasteiger partial charge in [-0.1, -0.05) is 12.7 Å². The molecule has 7 nitrogen and oxygen atoms in total. The SMILES string of the molecule is C=C1CCCC/C=C2/CCC/C2=C/1NC(=O)NS(=O)(=O)c1cc(C(F)(F)F)n(C(C)C)n1. The molecule has 0 radical (unpaired) electrons. The molecule has 2 aliphatic carbocycles. The normalized spacial score (nSPS) is 21.9. The van der Waals surface area contributed by atoms with Crippen molar-refractivity contribution in [1.82, 2.24) is 19.8 Å². The van der Waals surface area contributed by atoms with Gasteiger partial charge in [-0.2, -0.15) is 26.7 Å². The Morgan fingerprint density at radius 1 is 1.19 bits per heavy atom. The Morgan fingerprint density at radius 3 is 2.53 bits per heavy atom. The third-order valence-electron chi connectivity index (χ3n) is 5.47. The van der Waals surface area contributed by atoms with Crippen LogP contribution in [0.3, 0.4) is 0 Å². The average Bonchev–Trinajstić information content (AvgIpc) is 3.32. The Labute approximate surface area is 185 Å². The Balaban J connectivity index is 1.86. The van der Waals surface area contributed by atoms with Gasteiger partial charge in [0, 0.05) is 17.8 Å². The minimum absolute atomic E-state index is 0.425. The summed E-state index contributed by atoms with van der Waals surface area (Å²) in [4.78, 5) is 12.6. The molecule has 0 unspecified atom stereocenters. The molecule has 1 fully saturated rings. The number of carbonyl (C=O) groups is 1. The molecule has 11 heteroatoms. The van der Waals surface area contributed by atoms with Gasteiger partial charge in [-0.05, 0) is 75.5 Å². The van der Waals surface area contributed by atoms with Crippen molar-refractivity contribution in [3.8, 4) is 0 Å². The number of rotatable bonds is 4. The summed E-state index contributed by atoms with van der Waals surface area (Å²) in [6.45, 7) is 6.94. The van der Waals surface area contributed by atoms with Crippen molar-refractivity contribution in [3.63, 3.8) is 0 Å². The lowest BCUT2D eigenvalue weighted by atomic mass is 10.0. The summed E-state index contributed by atoms with van der Waals surface area (Å²) >= 11 is 0. The van der Waals surface area contributed by atoms with Crippen LogP contribution in [0.4, 0.5) is 18.0 Å². The maximum absolute atomic E-state index is 13.3. The highest BCUT2D eigenvalue weighted by molar-refractivity contribution is 7.90.